The van der Waals surface area contributed by atoms with Crippen molar-refractivity contribution in [1.29, 1.82) is 0 Å². The molecule has 152 valence electrons. The number of fused-ring (bicyclic) bond motifs is 1. The molecule has 1 amide bonds. The molecule has 0 fully saturated rings. The van der Waals surface area contributed by atoms with Gasteiger partial charge in [-0.15, -0.1) is 11.3 Å². The molecule has 1 aromatic rings. The zero-order chi connectivity index (χ0) is 20.8. The van der Waals surface area contributed by atoms with Crippen LogP contribution >= 0.6 is 11.3 Å². The average Bonchev–Trinajstić information content (AvgIpc) is 2.79. The smallest absolute Gasteiger partial charge is 0.341 e. The summed E-state index contributed by atoms with van der Waals surface area (Å²) in [6.07, 6.45) is 3.48. The number of esters is 1. The summed E-state index contributed by atoms with van der Waals surface area (Å²) < 4.78 is 28.9. The molecule has 1 aromatic heterocycles. The fourth-order valence-corrected chi connectivity index (χ4v) is 4.89. The molecule has 1 heterocycles. The standard InChI is InChI=1S/C19H29NO5S2/c1-11(27(7,23)24)15(21)20-16-14(17(22)25-18(2,3)4)12-8-9-19(5,6)10-13(12)26-16/h11H,8-10H2,1-7H3,(H,20,21). The molecule has 1 aliphatic rings. The average molecular weight is 416 g/mol. The van der Waals surface area contributed by atoms with Crippen molar-refractivity contribution >= 4 is 38.1 Å². The van der Waals surface area contributed by atoms with Gasteiger partial charge >= 0.3 is 5.97 Å². The van der Waals surface area contributed by atoms with Crippen LogP contribution in [0.15, 0.2) is 0 Å². The second-order valence-corrected chi connectivity index (χ2v) is 12.5. The van der Waals surface area contributed by atoms with Gasteiger partial charge in [0.2, 0.25) is 5.91 Å². The Morgan fingerprint density at radius 3 is 2.37 bits per heavy atom. The van der Waals surface area contributed by atoms with E-state index in [-0.39, 0.29) is 5.41 Å². The number of ether oxygens (including phenoxy) is 1. The number of carbonyl (C=O) groups is 2. The van der Waals surface area contributed by atoms with Crippen LogP contribution in [0.4, 0.5) is 5.00 Å². The minimum Gasteiger partial charge on any atom is -0.456 e. The number of sulfone groups is 1. The van der Waals surface area contributed by atoms with Crippen LogP contribution < -0.4 is 5.32 Å². The molecule has 0 spiro atoms. The van der Waals surface area contributed by atoms with Crippen LogP contribution in [0.1, 0.15) is 68.8 Å². The molecule has 0 radical (unpaired) electrons. The molecule has 0 aromatic carbocycles. The Bertz CT molecular complexity index is 859. The van der Waals surface area contributed by atoms with E-state index in [0.717, 1.165) is 36.0 Å². The summed E-state index contributed by atoms with van der Waals surface area (Å²) in [5.74, 6) is -1.12. The zero-order valence-electron chi connectivity index (χ0n) is 17.1. The normalized spacial score (nSPS) is 17.7. The number of anilines is 1. The Hall–Kier alpha value is -1.41. The van der Waals surface area contributed by atoms with E-state index in [1.54, 1.807) is 20.8 Å². The van der Waals surface area contributed by atoms with Crippen LogP contribution in [0.25, 0.3) is 0 Å². The topological polar surface area (TPSA) is 89.5 Å². The van der Waals surface area contributed by atoms with E-state index in [4.69, 9.17) is 4.74 Å². The number of amides is 1. The third-order valence-corrected chi connectivity index (χ3v) is 7.28. The van der Waals surface area contributed by atoms with Crippen LogP contribution in [0.2, 0.25) is 0 Å². The zero-order valence-corrected chi connectivity index (χ0v) is 18.7. The monoisotopic (exact) mass is 415 g/mol. The van der Waals surface area contributed by atoms with Crippen LogP contribution in [-0.2, 0) is 32.2 Å². The maximum absolute atomic E-state index is 12.8. The minimum absolute atomic E-state index is 0.115. The fourth-order valence-electron chi connectivity index (χ4n) is 2.95. The maximum atomic E-state index is 12.8. The Morgan fingerprint density at radius 2 is 1.85 bits per heavy atom. The van der Waals surface area contributed by atoms with E-state index in [2.05, 4.69) is 19.2 Å². The molecule has 1 aliphatic carbocycles. The molecule has 1 N–H and O–H groups in total. The number of hydrogen-bond acceptors (Lipinski definition) is 6. The highest BCUT2D eigenvalue weighted by Crippen LogP contribution is 2.44. The fraction of sp³-hybridized carbons (Fsp3) is 0.684. The van der Waals surface area contributed by atoms with Crippen molar-refractivity contribution in [2.75, 3.05) is 11.6 Å². The highest BCUT2D eigenvalue weighted by molar-refractivity contribution is 7.92. The Kier molecular flexibility index (Phi) is 5.84. The van der Waals surface area contributed by atoms with E-state index >= 15 is 0 Å². The van der Waals surface area contributed by atoms with Gasteiger partial charge in [-0.05, 0) is 57.9 Å². The number of hydrogen-bond donors (Lipinski definition) is 1. The van der Waals surface area contributed by atoms with Gasteiger partial charge in [-0.1, -0.05) is 13.8 Å². The molecule has 0 saturated carbocycles. The van der Waals surface area contributed by atoms with Crippen molar-refractivity contribution < 1.29 is 22.7 Å². The lowest BCUT2D eigenvalue weighted by Gasteiger charge is -2.29. The van der Waals surface area contributed by atoms with Gasteiger partial charge in [0.25, 0.3) is 0 Å². The van der Waals surface area contributed by atoms with Crippen LogP contribution in [0, 0.1) is 5.41 Å². The Labute approximate surface area is 165 Å². The first kappa shape index (κ1) is 21.9. The van der Waals surface area contributed by atoms with Crippen molar-refractivity contribution in [3.63, 3.8) is 0 Å². The summed E-state index contributed by atoms with van der Waals surface area (Å²) in [6, 6.07) is 0. The Balaban J connectivity index is 2.45. The third-order valence-electron chi connectivity index (χ3n) is 4.63. The molecule has 27 heavy (non-hydrogen) atoms. The highest BCUT2D eigenvalue weighted by atomic mass is 32.2. The predicted octanol–water partition coefficient (Wildman–Crippen LogP) is 3.59. The second-order valence-electron chi connectivity index (χ2n) is 9.01. The summed E-state index contributed by atoms with van der Waals surface area (Å²) in [6.45, 7) is 11.1. The van der Waals surface area contributed by atoms with Gasteiger partial charge in [-0.2, -0.15) is 0 Å². The molecule has 1 unspecified atom stereocenters. The molecular formula is C19H29NO5S2. The largest absolute Gasteiger partial charge is 0.456 e. The highest BCUT2D eigenvalue weighted by Gasteiger charge is 2.35. The molecule has 2 rings (SSSR count). The lowest BCUT2D eigenvalue weighted by molar-refractivity contribution is -0.115. The molecule has 0 bridgehead atoms. The summed E-state index contributed by atoms with van der Waals surface area (Å²) in [4.78, 5) is 26.3. The SMILES string of the molecule is CC(C(=O)Nc1sc2c(c1C(=O)OC(C)(C)C)CCC(C)(C)C2)S(C)(=O)=O. The van der Waals surface area contributed by atoms with Crippen LogP contribution in [-0.4, -0.2) is 37.4 Å². The minimum atomic E-state index is -3.53. The first-order valence-electron chi connectivity index (χ1n) is 8.98. The van der Waals surface area contributed by atoms with Gasteiger partial charge in [0.15, 0.2) is 9.84 Å². The quantitative estimate of drug-likeness (QED) is 0.759. The van der Waals surface area contributed by atoms with Gasteiger partial charge < -0.3 is 10.1 Å². The lowest BCUT2D eigenvalue weighted by atomic mass is 9.77. The first-order valence-corrected chi connectivity index (χ1v) is 11.8. The van der Waals surface area contributed by atoms with Gasteiger partial charge in [0.1, 0.15) is 15.9 Å². The van der Waals surface area contributed by atoms with Crippen LogP contribution in [0.5, 0.6) is 0 Å². The van der Waals surface area contributed by atoms with Crippen LogP contribution in [0.3, 0.4) is 0 Å². The van der Waals surface area contributed by atoms with Gasteiger partial charge in [-0.25, -0.2) is 13.2 Å². The van der Waals surface area contributed by atoms with Crippen molar-refractivity contribution in [3.8, 4) is 0 Å². The summed E-state index contributed by atoms with van der Waals surface area (Å²) in [5, 5.41) is 1.85. The van der Waals surface area contributed by atoms with Crippen molar-refractivity contribution in [2.24, 2.45) is 5.41 Å². The lowest BCUT2D eigenvalue weighted by Crippen LogP contribution is -2.32. The summed E-state index contributed by atoms with van der Waals surface area (Å²) in [7, 11) is -3.53. The molecule has 8 heteroatoms. The van der Waals surface area contributed by atoms with E-state index < -0.39 is 32.6 Å². The number of carbonyl (C=O) groups excluding carboxylic acids is 2. The molecular weight excluding hydrogens is 386 g/mol. The molecule has 0 aliphatic heterocycles. The number of rotatable bonds is 4. The molecule has 6 nitrogen and oxygen atoms in total. The third kappa shape index (κ3) is 5.31. The van der Waals surface area contributed by atoms with E-state index in [9.17, 15) is 18.0 Å². The molecule has 0 saturated heterocycles. The number of nitrogens with one attached hydrogen (secondary N) is 1. The van der Waals surface area contributed by atoms with E-state index in [1.807, 2.05) is 0 Å². The number of thiophene rings is 1. The van der Waals surface area contributed by atoms with Crippen molar-refractivity contribution in [3.05, 3.63) is 16.0 Å². The van der Waals surface area contributed by atoms with E-state index in [0.29, 0.717) is 10.6 Å². The predicted molar refractivity (Wildman–Crippen MR) is 108 cm³/mol. The molecule has 1 atom stereocenters. The second kappa shape index (κ2) is 7.20. The van der Waals surface area contributed by atoms with Crippen molar-refractivity contribution in [2.45, 2.75) is 71.7 Å². The van der Waals surface area contributed by atoms with Gasteiger partial charge in [0, 0.05) is 11.1 Å². The van der Waals surface area contributed by atoms with Gasteiger partial charge in [0.05, 0.1) is 5.56 Å². The first-order chi connectivity index (χ1) is 12.1. The van der Waals surface area contributed by atoms with Gasteiger partial charge in [-0.3, -0.25) is 4.79 Å². The summed E-state index contributed by atoms with van der Waals surface area (Å²) >= 11 is 1.35. The van der Waals surface area contributed by atoms with Crippen molar-refractivity contribution in [1.82, 2.24) is 0 Å². The summed E-state index contributed by atoms with van der Waals surface area (Å²) in [5.41, 5.74) is 0.733. The maximum Gasteiger partial charge on any atom is 0.341 e. The Morgan fingerprint density at radius 1 is 1.26 bits per heavy atom. The van der Waals surface area contributed by atoms with E-state index in [1.165, 1.54) is 18.3 Å².